The number of hydrogen-bond donors (Lipinski definition) is 1. The Morgan fingerprint density at radius 3 is 2.55 bits per heavy atom. The number of pyridine rings is 4. The molecule has 0 bridgehead atoms. The third kappa shape index (κ3) is 4.77. The molecule has 0 saturated carbocycles. The number of halogens is 2. The predicted octanol–water partition coefficient (Wildman–Crippen LogP) is 5.93. The van der Waals surface area contributed by atoms with Crippen LogP contribution in [0.25, 0.3) is 33.5 Å². The molecule has 202 valence electrons. The highest BCUT2D eigenvalue weighted by Crippen LogP contribution is 2.40. The fourth-order valence-electron chi connectivity index (χ4n) is 4.94. The van der Waals surface area contributed by atoms with Gasteiger partial charge in [-0.1, -0.05) is 6.07 Å². The molecule has 8 nitrogen and oxygen atoms in total. The van der Waals surface area contributed by atoms with Gasteiger partial charge in [0, 0.05) is 43.2 Å². The molecule has 1 aliphatic rings. The van der Waals surface area contributed by atoms with Crippen LogP contribution in [0.1, 0.15) is 5.56 Å². The van der Waals surface area contributed by atoms with Gasteiger partial charge in [-0.25, -0.2) is 18.7 Å². The van der Waals surface area contributed by atoms with Crippen LogP contribution in [0.4, 0.5) is 25.8 Å². The van der Waals surface area contributed by atoms with Crippen LogP contribution >= 0.6 is 0 Å². The number of aromatic nitrogens is 4. The Bertz CT molecular complexity index is 1690. The molecule has 0 spiro atoms. The molecule has 6 rings (SSSR count). The van der Waals surface area contributed by atoms with Gasteiger partial charge in [0.15, 0.2) is 0 Å². The SMILES string of the molecule is COc1ncccc1-c1ncc(N2CCOCC2)cc1Nc1c(C)c(-c2ccccn2)nc2cc(F)cc(F)c12. The second kappa shape index (κ2) is 10.8. The third-order valence-corrected chi connectivity index (χ3v) is 6.88. The average Bonchev–Trinajstić information content (AvgIpc) is 2.99. The summed E-state index contributed by atoms with van der Waals surface area (Å²) in [5.74, 6) is -1.04. The third-order valence-electron chi connectivity index (χ3n) is 6.88. The molecule has 0 amide bonds. The summed E-state index contributed by atoms with van der Waals surface area (Å²) in [6.45, 7) is 4.49. The Kier molecular flexibility index (Phi) is 6.91. The van der Waals surface area contributed by atoms with E-state index in [1.54, 1.807) is 37.8 Å². The van der Waals surface area contributed by atoms with Crippen LogP contribution in [0.5, 0.6) is 5.88 Å². The molecule has 1 fully saturated rings. The first-order valence-electron chi connectivity index (χ1n) is 12.8. The van der Waals surface area contributed by atoms with E-state index in [1.807, 2.05) is 31.2 Å². The summed E-state index contributed by atoms with van der Waals surface area (Å²) in [7, 11) is 1.55. The maximum Gasteiger partial charge on any atom is 0.222 e. The number of methoxy groups -OCH3 is 1. The lowest BCUT2D eigenvalue weighted by Crippen LogP contribution is -2.36. The number of benzene rings is 1. The smallest absolute Gasteiger partial charge is 0.222 e. The molecule has 4 aromatic heterocycles. The van der Waals surface area contributed by atoms with Gasteiger partial charge in [-0.15, -0.1) is 0 Å². The molecule has 0 radical (unpaired) electrons. The lowest BCUT2D eigenvalue weighted by atomic mass is 10.0. The summed E-state index contributed by atoms with van der Waals surface area (Å²) in [4.78, 5) is 20.4. The number of morpholine rings is 1. The van der Waals surface area contributed by atoms with Crippen LogP contribution in [0.2, 0.25) is 0 Å². The quantitative estimate of drug-likeness (QED) is 0.284. The zero-order valence-electron chi connectivity index (χ0n) is 22.0. The van der Waals surface area contributed by atoms with E-state index in [1.165, 1.54) is 6.07 Å². The second-order valence-electron chi connectivity index (χ2n) is 9.33. The van der Waals surface area contributed by atoms with Gasteiger partial charge in [0.1, 0.15) is 11.6 Å². The van der Waals surface area contributed by atoms with Crippen molar-refractivity contribution in [3.05, 3.63) is 84.3 Å². The zero-order valence-corrected chi connectivity index (χ0v) is 22.0. The average molecular weight is 541 g/mol. The van der Waals surface area contributed by atoms with Gasteiger partial charge in [-0.05, 0) is 37.3 Å². The minimum atomic E-state index is -0.724. The van der Waals surface area contributed by atoms with Crippen LogP contribution in [-0.2, 0) is 4.74 Å². The zero-order chi connectivity index (χ0) is 27.6. The lowest BCUT2D eigenvalue weighted by molar-refractivity contribution is 0.122. The number of anilines is 3. The highest BCUT2D eigenvalue weighted by Gasteiger charge is 2.22. The number of ether oxygens (including phenoxy) is 2. The van der Waals surface area contributed by atoms with Gasteiger partial charge < -0.3 is 19.7 Å². The second-order valence-corrected chi connectivity index (χ2v) is 9.33. The van der Waals surface area contributed by atoms with E-state index < -0.39 is 11.6 Å². The van der Waals surface area contributed by atoms with Crippen molar-refractivity contribution in [2.45, 2.75) is 6.92 Å². The number of rotatable bonds is 6. The van der Waals surface area contributed by atoms with E-state index in [0.29, 0.717) is 71.8 Å². The van der Waals surface area contributed by atoms with Gasteiger partial charge in [-0.2, -0.15) is 0 Å². The fraction of sp³-hybridized carbons (Fsp3) is 0.200. The van der Waals surface area contributed by atoms with E-state index in [-0.39, 0.29) is 10.9 Å². The van der Waals surface area contributed by atoms with Crippen LogP contribution < -0.4 is 15.0 Å². The molecular formula is C30H26F2N6O2. The number of nitrogens with one attached hydrogen (secondary N) is 1. The number of hydrogen-bond acceptors (Lipinski definition) is 8. The van der Waals surface area contributed by atoms with Gasteiger partial charge in [0.25, 0.3) is 0 Å². The molecule has 5 aromatic rings. The molecular weight excluding hydrogens is 514 g/mol. The Balaban J connectivity index is 1.58. The number of fused-ring (bicyclic) bond motifs is 1. The molecule has 1 aliphatic heterocycles. The summed E-state index contributed by atoms with van der Waals surface area (Å²) >= 11 is 0. The van der Waals surface area contributed by atoms with Gasteiger partial charge >= 0.3 is 0 Å². The van der Waals surface area contributed by atoms with Crippen LogP contribution in [-0.4, -0.2) is 53.3 Å². The molecule has 5 heterocycles. The maximum absolute atomic E-state index is 15.4. The molecule has 1 N–H and O–H groups in total. The van der Waals surface area contributed by atoms with Crippen LogP contribution in [0, 0.1) is 18.6 Å². The van der Waals surface area contributed by atoms with Crippen molar-refractivity contribution in [2.24, 2.45) is 0 Å². The van der Waals surface area contributed by atoms with Gasteiger partial charge in [0.05, 0.1) is 77.1 Å². The normalized spacial score (nSPS) is 13.4. The van der Waals surface area contributed by atoms with E-state index in [4.69, 9.17) is 14.5 Å². The van der Waals surface area contributed by atoms with E-state index >= 15 is 4.39 Å². The first-order chi connectivity index (χ1) is 19.5. The molecule has 0 unspecified atom stereocenters. The van der Waals surface area contributed by atoms with Gasteiger partial charge in [0.2, 0.25) is 5.88 Å². The fourth-order valence-corrected chi connectivity index (χ4v) is 4.94. The predicted molar refractivity (Wildman–Crippen MR) is 150 cm³/mol. The van der Waals surface area contributed by atoms with Crippen molar-refractivity contribution < 1.29 is 18.3 Å². The monoisotopic (exact) mass is 540 g/mol. The summed E-state index contributed by atoms with van der Waals surface area (Å²) in [6, 6.07) is 13.2. The molecule has 0 atom stereocenters. The van der Waals surface area contributed by atoms with Crippen molar-refractivity contribution in [2.75, 3.05) is 43.6 Å². The van der Waals surface area contributed by atoms with Crippen molar-refractivity contribution in [1.29, 1.82) is 0 Å². The Morgan fingerprint density at radius 2 is 1.77 bits per heavy atom. The molecule has 10 heteroatoms. The molecule has 40 heavy (non-hydrogen) atoms. The van der Waals surface area contributed by atoms with Crippen molar-refractivity contribution in [1.82, 2.24) is 19.9 Å². The van der Waals surface area contributed by atoms with Crippen molar-refractivity contribution in [3.63, 3.8) is 0 Å². The molecule has 0 aliphatic carbocycles. The van der Waals surface area contributed by atoms with Crippen LogP contribution in [0.3, 0.4) is 0 Å². The maximum atomic E-state index is 15.4. The lowest BCUT2D eigenvalue weighted by Gasteiger charge is -2.29. The Labute approximate surface area is 229 Å². The minimum Gasteiger partial charge on any atom is -0.481 e. The van der Waals surface area contributed by atoms with E-state index in [2.05, 4.69) is 25.2 Å². The molecule has 1 aromatic carbocycles. The number of nitrogens with zero attached hydrogens (tertiary/aromatic N) is 5. The summed E-state index contributed by atoms with van der Waals surface area (Å²) in [5, 5.41) is 3.62. The summed E-state index contributed by atoms with van der Waals surface area (Å²) in [6.07, 6.45) is 5.09. The van der Waals surface area contributed by atoms with E-state index in [0.717, 1.165) is 11.8 Å². The standard InChI is InChI=1S/C30H26F2N6O2/c1-18-27(23-7-3-4-8-33-23)36-24-15-19(31)14-22(32)26(24)28(18)37-25-16-20(38-10-12-40-13-11-38)17-35-29(25)21-6-5-9-34-30(21)39-2/h3-9,14-17H,10-13H2,1-2H3,(H,36,37). The van der Waals surface area contributed by atoms with Crippen molar-refractivity contribution in [3.8, 4) is 28.5 Å². The summed E-state index contributed by atoms with van der Waals surface area (Å²) in [5.41, 5.74) is 5.06. The Morgan fingerprint density at radius 1 is 0.950 bits per heavy atom. The topological polar surface area (TPSA) is 85.3 Å². The first-order valence-corrected chi connectivity index (χ1v) is 12.8. The summed E-state index contributed by atoms with van der Waals surface area (Å²) < 4.78 is 40.8. The highest BCUT2D eigenvalue weighted by molar-refractivity contribution is 5.99. The molecule has 1 saturated heterocycles. The Hall–Kier alpha value is -4.70. The van der Waals surface area contributed by atoms with Gasteiger partial charge in [-0.3, -0.25) is 9.97 Å². The van der Waals surface area contributed by atoms with E-state index in [9.17, 15) is 4.39 Å². The van der Waals surface area contributed by atoms with Crippen LogP contribution in [0.15, 0.2) is 67.1 Å². The first kappa shape index (κ1) is 25.6. The largest absolute Gasteiger partial charge is 0.481 e. The van der Waals surface area contributed by atoms with Crippen molar-refractivity contribution >= 4 is 28.0 Å². The minimum absolute atomic E-state index is 0.166. The highest BCUT2D eigenvalue weighted by atomic mass is 19.1.